The quantitative estimate of drug-likeness (QED) is 0.642. The molecule has 2 N–H and O–H groups in total. The van der Waals surface area contributed by atoms with E-state index in [-0.39, 0.29) is 5.91 Å². The molecule has 1 aromatic heterocycles. The summed E-state index contributed by atoms with van der Waals surface area (Å²) >= 11 is 0. The second-order valence-electron chi connectivity index (χ2n) is 6.20. The Labute approximate surface area is 159 Å². The van der Waals surface area contributed by atoms with Crippen LogP contribution in [0, 0.1) is 13.8 Å². The fourth-order valence-electron chi connectivity index (χ4n) is 2.83. The number of pyridine rings is 1. The third kappa shape index (κ3) is 4.44. The maximum absolute atomic E-state index is 12.7. The fourth-order valence-corrected chi connectivity index (χ4v) is 2.83. The first-order valence-corrected chi connectivity index (χ1v) is 8.91. The third-order valence-corrected chi connectivity index (χ3v) is 4.18. The van der Waals surface area contributed by atoms with Crippen molar-refractivity contribution >= 4 is 23.0 Å². The summed E-state index contributed by atoms with van der Waals surface area (Å²) in [6.07, 6.45) is 1.62. The van der Waals surface area contributed by atoms with Crippen LogP contribution in [0.1, 0.15) is 28.5 Å². The highest BCUT2D eigenvalue weighted by Gasteiger charge is 2.12. The predicted molar refractivity (Wildman–Crippen MR) is 109 cm³/mol. The molecule has 5 nitrogen and oxygen atoms in total. The molecule has 0 saturated heterocycles. The molecule has 0 aliphatic carbocycles. The Balaban J connectivity index is 1.81. The second kappa shape index (κ2) is 8.36. The predicted octanol–water partition coefficient (Wildman–Crippen LogP) is 5.09. The van der Waals surface area contributed by atoms with Crippen LogP contribution in [0.4, 0.5) is 17.1 Å². The molecule has 0 aliphatic rings. The number of hydrogen-bond donors (Lipinski definition) is 2. The van der Waals surface area contributed by atoms with Crippen molar-refractivity contribution in [3.63, 3.8) is 0 Å². The summed E-state index contributed by atoms with van der Waals surface area (Å²) < 4.78 is 5.63. The number of anilines is 3. The topological polar surface area (TPSA) is 63.2 Å². The third-order valence-electron chi connectivity index (χ3n) is 4.18. The molecule has 27 heavy (non-hydrogen) atoms. The number of benzene rings is 2. The van der Waals surface area contributed by atoms with Gasteiger partial charge in [0.05, 0.1) is 12.3 Å². The summed E-state index contributed by atoms with van der Waals surface area (Å²) in [5.74, 6) is 0.521. The molecular weight excluding hydrogens is 338 g/mol. The van der Waals surface area contributed by atoms with Crippen molar-refractivity contribution in [3.8, 4) is 5.75 Å². The molecule has 0 spiro atoms. The van der Waals surface area contributed by atoms with Gasteiger partial charge in [-0.25, -0.2) is 0 Å². The van der Waals surface area contributed by atoms with Crippen molar-refractivity contribution in [2.24, 2.45) is 0 Å². The smallest absolute Gasteiger partial charge is 0.274 e. The highest BCUT2D eigenvalue weighted by atomic mass is 16.5. The summed E-state index contributed by atoms with van der Waals surface area (Å²) in [4.78, 5) is 16.9. The van der Waals surface area contributed by atoms with E-state index in [4.69, 9.17) is 4.74 Å². The molecule has 5 heteroatoms. The summed E-state index contributed by atoms with van der Waals surface area (Å²) in [6, 6.07) is 17.1. The van der Waals surface area contributed by atoms with Gasteiger partial charge in [-0.2, -0.15) is 0 Å². The lowest BCUT2D eigenvalue weighted by atomic mass is 10.1. The van der Waals surface area contributed by atoms with Gasteiger partial charge in [-0.1, -0.05) is 30.3 Å². The van der Waals surface area contributed by atoms with E-state index in [2.05, 4.69) is 15.6 Å². The number of carbonyl (C=O) groups is 1. The number of para-hydroxylation sites is 3. The number of carbonyl (C=O) groups excluding carboxylic acids is 1. The highest BCUT2D eigenvalue weighted by molar-refractivity contribution is 6.04. The lowest BCUT2D eigenvalue weighted by Gasteiger charge is -2.13. The molecule has 138 valence electrons. The maximum Gasteiger partial charge on any atom is 0.274 e. The van der Waals surface area contributed by atoms with Gasteiger partial charge in [-0.15, -0.1) is 0 Å². The lowest BCUT2D eigenvalue weighted by molar-refractivity contribution is 0.102. The van der Waals surface area contributed by atoms with Crippen LogP contribution < -0.4 is 15.4 Å². The zero-order valence-electron chi connectivity index (χ0n) is 15.7. The van der Waals surface area contributed by atoms with Gasteiger partial charge in [0, 0.05) is 17.6 Å². The van der Waals surface area contributed by atoms with Crippen molar-refractivity contribution < 1.29 is 9.53 Å². The summed E-state index contributed by atoms with van der Waals surface area (Å²) in [5, 5.41) is 6.26. The minimum atomic E-state index is -0.242. The minimum absolute atomic E-state index is 0.242. The first kappa shape index (κ1) is 18.5. The summed E-state index contributed by atoms with van der Waals surface area (Å²) in [5.41, 5.74) is 4.81. The van der Waals surface area contributed by atoms with Gasteiger partial charge < -0.3 is 15.4 Å². The fraction of sp³-hybridized carbons (Fsp3) is 0.182. The van der Waals surface area contributed by atoms with Crippen LogP contribution in [0.15, 0.2) is 60.8 Å². The van der Waals surface area contributed by atoms with Crippen LogP contribution in [0.2, 0.25) is 0 Å². The van der Waals surface area contributed by atoms with Gasteiger partial charge >= 0.3 is 0 Å². The molecule has 0 atom stereocenters. The number of ether oxygens (including phenoxy) is 1. The number of amides is 1. The molecule has 0 unspecified atom stereocenters. The van der Waals surface area contributed by atoms with Crippen LogP contribution in [0.5, 0.6) is 5.75 Å². The number of nitrogens with one attached hydrogen (secondary N) is 2. The normalized spacial score (nSPS) is 10.3. The van der Waals surface area contributed by atoms with E-state index in [1.165, 1.54) is 0 Å². The standard InChI is InChI=1S/C22H23N3O2/c1-4-27-20-11-6-5-10-18(20)24-17-12-13-23-19(14-17)22(26)25-21-15(2)8-7-9-16(21)3/h5-14H,4H2,1-3H3,(H,23,24)(H,25,26). The second-order valence-corrected chi connectivity index (χ2v) is 6.20. The molecule has 0 bridgehead atoms. The zero-order valence-corrected chi connectivity index (χ0v) is 15.7. The Kier molecular flexibility index (Phi) is 5.71. The molecule has 0 radical (unpaired) electrons. The Morgan fingerprint density at radius 3 is 2.52 bits per heavy atom. The molecule has 1 amide bonds. The number of aryl methyl sites for hydroxylation is 2. The van der Waals surface area contributed by atoms with E-state index < -0.39 is 0 Å². The zero-order chi connectivity index (χ0) is 19.2. The molecule has 0 fully saturated rings. The number of rotatable bonds is 6. The first-order valence-electron chi connectivity index (χ1n) is 8.91. The lowest BCUT2D eigenvalue weighted by Crippen LogP contribution is -2.15. The van der Waals surface area contributed by atoms with Crippen molar-refractivity contribution in [2.75, 3.05) is 17.2 Å². The summed E-state index contributed by atoms with van der Waals surface area (Å²) in [7, 11) is 0. The van der Waals surface area contributed by atoms with Crippen LogP contribution in [0.25, 0.3) is 0 Å². The molecule has 3 aromatic rings. The van der Waals surface area contributed by atoms with Gasteiger partial charge in [0.1, 0.15) is 11.4 Å². The Morgan fingerprint density at radius 1 is 1.04 bits per heavy atom. The Hall–Kier alpha value is -3.34. The number of hydrogen-bond acceptors (Lipinski definition) is 4. The van der Waals surface area contributed by atoms with E-state index in [0.29, 0.717) is 12.3 Å². The monoisotopic (exact) mass is 361 g/mol. The summed E-state index contributed by atoms with van der Waals surface area (Å²) in [6.45, 7) is 6.47. The van der Waals surface area contributed by atoms with Crippen molar-refractivity contribution in [1.29, 1.82) is 0 Å². The van der Waals surface area contributed by atoms with Crippen molar-refractivity contribution in [1.82, 2.24) is 4.98 Å². The van der Waals surface area contributed by atoms with E-state index in [1.807, 2.05) is 69.3 Å². The Bertz CT molecular complexity index is 934. The molecular formula is C22H23N3O2. The van der Waals surface area contributed by atoms with Crippen LogP contribution in [0.3, 0.4) is 0 Å². The average Bonchev–Trinajstić information content (AvgIpc) is 2.67. The molecule has 3 rings (SSSR count). The Morgan fingerprint density at radius 2 is 1.78 bits per heavy atom. The molecule has 0 aliphatic heterocycles. The minimum Gasteiger partial charge on any atom is -0.492 e. The van der Waals surface area contributed by atoms with Crippen LogP contribution >= 0.6 is 0 Å². The van der Waals surface area contributed by atoms with Gasteiger partial charge in [-0.05, 0) is 56.2 Å². The number of nitrogens with zero attached hydrogens (tertiary/aromatic N) is 1. The largest absolute Gasteiger partial charge is 0.492 e. The molecule has 1 heterocycles. The highest BCUT2D eigenvalue weighted by Crippen LogP contribution is 2.27. The molecule has 0 saturated carbocycles. The number of aromatic nitrogens is 1. The van der Waals surface area contributed by atoms with Crippen LogP contribution in [-0.2, 0) is 0 Å². The molecule has 2 aromatic carbocycles. The average molecular weight is 361 g/mol. The SMILES string of the molecule is CCOc1ccccc1Nc1ccnc(C(=O)Nc2c(C)cccc2C)c1. The van der Waals surface area contributed by atoms with Crippen molar-refractivity contribution in [3.05, 3.63) is 77.6 Å². The first-order chi connectivity index (χ1) is 13.1. The van der Waals surface area contributed by atoms with E-state index in [0.717, 1.165) is 33.9 Å². The van der Waals surface area contributed by atoms with Gasteiger partial charge in [0.25, 0.3) is 5.91 Å². The van der Waals surface area contributed by atoms with E-state index in [1.54, 1.807) is 12.3 Å². The van der Waals surface area contributed by atoms with Gasteiger partial charge in [-0.3, -0.25) is 9.78 Å². The maximum atomic E-state index is 12.7. The van der Waals surface area contributed by atoms with Gasteiger partial charge in [0.15, 0.2) is 0 Å². The van der Waals surface area contributed by atoms with Gasteiger partial charge in [0.2, 0.25) is 0 Å². The van der Waals surface area contributed by atoms with E-state index in [9.17, 15) is 4.79 Å². The van der Waals surface area contributed by atoms with Crippen molar-refractivity contribution in [2.45, 2.75) is 20.8 Å². The van der Waals surface area contributed by atoms with Crippen LogP contribution in [-0.4, -0.2) is 17.5 Å². The van der Waals surface area contributed by atoms with E-state index >= 15 is 0 Å².